The number of ether oxygens (including phenoxy) is 1. The van der Waals surface area contributed by atoms with E-state index in [0.29, 0.717) is 0 Å². The number of nitrogens with zero attached hydrogens (tertiary/aromatic N) is 1. The van der Waals surface area contributed by atoms with E-state index in [1.54, 1.807) is 0 Å². The molecule has 0 aliphatic heterocycles. The second kappa shape index (κ2) is 4.99. The van der Waals surface area contributed by atoms with Gasteiger partial charge in [0.05, 0.1) is 5.16 Å². The zero-order chi connectivity index (χ0) is 13.1. The molecule has 0 amide bonds. The van der Waals surface area contributed by atoms with E-state index in [9.17, 15) is 0 Å². The maximum absolute atomic E-state index is 5.71. The summed E-state index contributed by atoms with van der Waals surface area (Å²) in [4.78, 5) is 3.97. The molecule has 0 aromatic heterocycles. The molecule has 0 saturated carbocycles. The topological polar surface area (TPSA) is 21.6 Å². The minimum absolute atomic E-state index is 0.153. The van der Waals surface area contributed by atoms with Crippen LogP contribution >= 0.6 is 12.2 Å². The van der Waals surface area contributed by atoms with Crippen LogP contribution in [0.5, 0.6) is 5.75 Å². The number of hydrogen-bond donors (Lipinski definition) is 0. The lowest BCUT2D eigenvalue weighted by Gasteiger charge is -2.22. The Morgan fingerprint density at radius 2 is 1.59 bits per heavy atom. The molecule has 0 bridgehead atoms. The van der Waals surface area contributed by atoms with Gasteiger partial charge in [0.25, 0.3) is 0 Å². The molecule has 0 aliphatic rings. The van der Waals surface area contributed by atoms with Gasteiger partial charge >= 0.3 is 0 Å². The third kappa shape index (κ3) is 4.29. The van der Waals surface area contributed by atoms with Gasteiger partial charge in [-0.05, 0) is 49.2 Å². The number of benzene rings is 1. The standard InChI is InChI=1S/C14H19NOS/c1-13(2,3)11-6-8-12(9-7-11)16-14(4,5)15-10-17/h6-9H,1-5H3. The lowest BCUT2D eigenvalue weighted by molar-refractivity contribution is 0.121. The Balaban J connectivity index is 2.86. The van der Waals surface area contributed by atoms with Gasteiger partial charge in [-0.25, -0.2) is 0 Å². The van der Waals surface area contributed by atoms with E-state index in [1.807, 2.05) is 26.0 Å². The molecule has 0 spiro atoms. The van der Waals surface area contributed by atoms with Crippen molar-refractivity contribution in [2.75, 3.05) is 0 Å². The van der Waals surface area contributed by atoms with Crippen molar-refractivity contribution in [1.82, 2.24) is 0 Å². The third-order valence-corrected chi connectivity index (χ3v) is 2.49. The first-order valence-electron chi connectivity index (χ1n) is 5.63. The number of thiocarbonyl (C=S) groups is 1. The predicted molar refractivity (Wildman–Crippen MR) is 74.9 cm³/mol. The molecule has 1 aromatic carbocycles. The summed E-state index contributed by atoms with van der Waals surface area (Å²) in [7, 11) is 0. The van der Waals surface area contributed by atoms with Gasteiger partial charge in [0.1, 0.15) is 5.75 Å². The maximum Gasteiger partial charge on any atom is 0.203 e. The molecular formula is C14H19NOS. The van der Waals surface area contributed by atoms with E-state index in [-0.39, 0.29) is 5.41 Å². The van der Waals surface area contributed by atoms with Gasteiger partial charge in [-0.2, -0.15) is 4.99 Å². The number of isothiocyanates is 1. The Kier molecular flexibility index (Phi) is 4.07. The van der Waals surface area contributed by atoms with E-state index in [1.165, 1.54) is 5.56 Å². The van der Waals surface area contributed by atoms with Crippen LogP contribution in [0.25, 0.3) is 0 Å². The van der Waals surface area contributed by atoms with Gasteiger partial charge in [-0.3, -0.25) is 0 Å². The van der Waals surface area contributed by atoms with Crippen LogP contribution in [0.2, 0.25) is 0 Å². The fraction of sp³-hybridized carbons (Fsp3) is 0.500. The molecule has 1 aromatic rings. The van der Waals surface area contributed by atoms with E-state index in [2.05, 4.69) is 55.3 Å². The van der Waals surface area contributed by atoms with Gasteiger partial charge in [0.2, 0.25) is 5.72 Å². The summed E-state index contributed by atoms with van der Waals surface area (Å²) in [6, 6.07) is 8.07. The Hall–Kier alpha value is -1.18. The van der Waals surface area contributed by atoms with Crippen molar-refractivity contribution in [1.29, 1.82) is 0 Å². The lowest BCUT2D eigenvalue weighted by atomic mass is 9.87. The Morgan fingerprint density at radius 3 is 2.00 bits per heavy atom. The van der Waals surface area contributed by atoms with Crippen molar-refractivity contribution >= 4 is 17.4 Å². The summed E-state index contributed by atoms with van der Waals surface area (Å²) in [6.45, 7) is 10.3. The summed E-state index contributed by atoms with van der Waals surface area (Å²) in [5.41, 5.74) is 0.770. The summed E-state index contributed by atoms with van der Waals surface area (Å²) in [6.07, 6.45) is 0. The van der Waals surface area contributed by atoms with E-state index < -0.39 is 5.72 Å². The molecule has 3 heteroatoms. The van der Waals surface area contributed by atoms with Crippen LogP contribution in [0.1, 0.15) is 40.2 Å². The summed E-state index contributed by atoms with van der Waals surface area (Å²) >= 11 is 4.59. The van der Waals surface area contributed by atoms with Crippen LogP contribution < -0.4 is 4.74 Å². The summed E-state index contributed by atoms with van der Waals surface area (Å²) in [5, 5.41) is 2.35. The normalized spacial score (nSPS) is 11.8. The fourth-order valence-corrected chi connectivity index (χ4v) is 1.66. The zero-order valence-corrected chi connectivity index (χ0v) is 11.9. The van der Waals surface area contributed by atoms with Gasteiger partial charge in [-0.1, -0.05) is 32.9 Å². The quantitative estimate of drug-likeness (QED) is 0.591. The van der Waals surface area contributed by atoms with Crippen LogP contribution in [0.4, 0.5) is 0 Å². The SMILES string of the molecule is CC(C)(N=C=S)Oc1ccc(C(C)(C)C)cc1. The zero-order valence-electron chi connectivity index (χ0n) is 11.1. The molecule has 1 rings (SSSR count). The van der Waals surface area contributed by atoms with Gasteiger partial charge in [0.15, 0.2) is 0 Å². The molecule has 0 atom stereocenters. The first-order valence-corrected chi connectivity index (χ1v) is 6.04. The van der Waals surface area contributed by atoms with Crippen molar-refractivity contribution < 1.29 is 4.74 Å². The molecule has 0 N–H and O–H groups in total. The predicted octanol–water partition coefficient (Wildman–Crippen LogP) is 4.20. The number of aliphatic imine (C=N–C) groups is 1. The average molecular weight is 249 g/mol. The van der Waals surface area contributed by atoms with Crippen molar-refractivity contribution in [3.63, 3.8) is 0 Å². The molecular weight excluding hydrogens is 230 g/mol. The highest BCUT2D eigenvalue weighted by Gasteiger charge is 2.18. The maximum atomic E-state index is 5.71. The monoisotopic (exact) mass is 249 g/mol. The van der Waals surface area contributed by atoms with E-state index >= 15 is 0 Å². The molecule has 0 radical (unpaired) electrons. The minimum Gasteiger partial charge on any atom is -0.466 e. The molecule has 17 heavy (non-hydrogen) atoms. The second-order valence-corrected chi connectivity index (χ2v) is 5.71. The third-order valence-electron chi connectivity index (χ3n) is 2.40. The first kappa shape index (κ1) is 13.9. The number of rotatable bonds is 3. The van der Waals surface area contributed by atoms with Crippen LogP contribution in [0.3, 0.4) is 0 Å². The van der Waals surface area contributed by atoms with Crippen molar-refractivity contribution in [2.24, 2.45) is 4.99 Å². The highest BCUT2D eigenvalue weighted by Crippen LogP contribution is 2.26. The lowest BCUT2D eigenvalue weighted by Crippen LogP contribution is -2.25. The van der Waals surface area contributed by atoms with Crippen LogP contribution in [-0.2, 0) is 5.41 Å². The number of hydrogen-bond acceptors (Lipinski definition) is 3. The van der Waals surface area contributed by atoms with Crippen molar-refractivity contribution in [3.8, 4) is 5.75 Å². The largest absolute Gasteiger partial charge is 0.466 e. The van der Waals surface area contributed by atoms with Gasteiger partial charge < -0.3 is 4.74 Å². The van der Waals surface area contributed by atoms with Crippen LogP contribution in [0.15, 0.2) is 29.3 Å². The molecule has 0 fully saturated rings. The summed E-state index contributed by atoms with van der Waals surface area (Å²) < 4.78 is 5.71. The van der Waals surface area contributed by atoms with Crippen LogP contribution in [0, 0.1) is 0 Å². The highest BCUT2D eigenvalue weighted by molar-refractivity contribution is 7.78. The highest BCUT2D eigenvalue weighted by atomic mass is 32.1. The van der Waals surface area contributed by atoms with E-state index in [0.717, 1.165) is 5.75 Å². The molecule has 0 unspecified atom stereocenters. The first-order chi connectivity index (χ1) is 7.74. The molecule has 0 heterocycles. The Morgan fingerprint density at radius 1 is 1.06 bits per heavy atom. The average Bonchev–Trinajstić information content (AvgIpc) is 2.16. The van der Waals surface area contributed by atoms with Gasteiger partial charge in [-0.15, -0.1) is 0 Å². The second-order valence-electron chi connectivity index (χ2n) is 5.53. The Labute approximate surface area is 109 Å². The molecule has 2 nitrogen and oxygen atoms in total. The molecule has 92 valence electrons. The molecule has 0 aliphatic carbocycles. The minimum atomic E-state index is -0.662. The molecule has 0 saturated heterocycles. The smallest absolute Gasteiger partial charge is 0.203 e. The van der Waals surface area contributed by atoms with E-state index in [4.69, 9.17) is 4.74 Å². The summed E-state index contributed by atoms with van der Waals surface area (Å²) in [5.74, 6) is 0.789. The Bertz CT molecular complexity index is 423. The van der Waals surface area contributed by atoms with Gasteiger partial charge in [0, 0.05) is 0 Å². The van der Waals surface area contributed by atoms with Crippen molar-refractivity contribution in [3.05, 3.63) is 29.8 Å². The van der Waals surface area contributed by atoms with Crippen LogP contribution in [-0.4, -0.2) is 10.9 Å². The van der Waals surface area contributed by atoms with Crippen molar-refractivity contribution in [2.45, 2.75) is 45.8 Å². The fourth-order valence-electron chi connectivity index (χ4n) is 1.44.